The van der Waals surface area contributed by atoms with Crippen molar-refractivity contribution in [1.29, 1.82) is 0 Å². The Hall–Kier alpha value is -4.44. The quantitative estimate of drug-likeness (QED) is 0.187. The third kappa shape index (κ3) is 6.82. The molecule has 32 heavy (non-hydrogen) atoms. The van der Waals surface area contributed by atoms with Gasteiger partial charge in [-0.1, -0.05) is 86.0 Å². The van der Waals surface area contributed by atoms with Crippen LogP contribution in [0.2, 0.25) is 0 Å². The van der Waals surface area contributed by atoms with Crippen LogP contribution in [0.4, 0.5) is 0 Å². The van der Waals surface area contributed by atoms with E-state index in [-0.39, 0.29) is 0 Å². The van der Waals surface area contributed by atoms with Crippen LogP contribution in [0.15, 0.2) is 98.1 Å². The van der Waals surface area contributed by atoms with E-state index in [1.54, 1.807) is 24.3 Å². The third-order valence-electron chi connectivity index (χ3n) is 4.40. The molecule has 0 atom stereocenters. The van der Waals surface area contributed by atoms with Crippen LogP contribution in [0.3, 0.4) is 0 Å². The Morgan fingerprint density at radius 2 is 0.750 bits per heavy atom. The standard InChI is InChI=1S/C28H22O4/c1-3-27(29)31-25-17-13-23(14-18-25)11-9-21-5-7-22(8-6-21)10-12-24-15-19-26(20-16-24)32-28(30)4-2/h3-20H,1-2H2/b11-9+,12-10+. The Morgan fingerprint density at radius 3 is 1.00 bits per heavy atom. The molecule has 0 fully saturated rings. The highest BCUT2D eigenvalue weighted by Gasteiger charge is 2.00. The molecule has 0 aromatic heterocycles. The van der Waals surface area contributed by atoms with Crippen LogP contribution in [-0.2, 0) is 9.59 Å². The average Bonchev–Trinajstić information content (AvgIpc) is 2.83. The van der Waals surface area contributed by atoms with Crippen LogP contribution in [-0.4, -0.2) is 11.9 Å². The van der Waals surface area contributed by atoms with Gasteiger partial charge in [-0.2, -0.15) is 0 Å². The minimum Gasteiger partial charge on any atom is -0.423 e. The molecule has 0 amide bonds. The van der Waals surface area contributed by atoms with Gasteiger partial charge in [-0.15, -0.1) is 0 Å². The number of esters is 2. The van der Waals surface area contributed by atoms with E-state index in [1.165, 1.54) is 0 Å². The number of benzene rings is 3. The predicted octanol–water partition coefficient (Wildman–Crippen LogP) is 6.21. The molecule has 0 aliphatic heterocycles. The number of carbonyl (C=O) groups is 2. The summed E-state index contributed by atoms with van der Waals surface area (Å²) in [5, 5.41) is 0. The highest BCUT2D eigenvalue weighted by atomic mass is 16.5. The van der Waals surface area contributed by atoms with E-state index in [2.05, 4.69) is 13.2 Å². The highest BCUT2D eigenvalue weighted by molar-refractivity contribution is 5.84. The van der Waals surface area contributed by atoms with Gasteiger partial charge in [0, 0.05) is 12.2 Å². The van der Waals surface area contributed by atoms with Crippen LogP contribution >= 0.6 is 0 Å². The maximum absolute atomic E-state index is 11.2. The molecule has 4 heteroatoms. The van der Waals surface area contributed by atoms with Crippen molar-refractivity contribution in [2.45, 2.75) is 0 Å². The molecule has 0 saturated carbocycles. The van der Waals surface area contributed by atoms with Gasteiger partial charge in [0.2, 0.25) is 0 Å². The lowest BCUT2D eigenvalue weighted by Gasteiger charge is -2.02. The molecule has 4 nitrogen and oxygen atoms in total. The fraction of sp³-hybridized carbons (Fsp3) is 0. The minimum absolute atomic E-state index is 0.478. The second-order valence-corrected chi connectivity index (χ2v) is 6.72. The molecule has 0 radical (unpaired) electrons. The summed E-state index contributed by atoms with van der Waals surface area (Å²) in [4.78, 5) is 22.4. The minimum atomic E-state index is -0.478. The lowest BCUT2D eigenvalue weighted by molar-refractivity contribution is -0.129. The molecule has 0 bridgehead atoms. The van der Waals surface area contributed by atoms with Crippen molar-refractivity contribution in [3.63, 3.8) is 0 Å². The second kappa shape index (κ2) is 11.1. The number of hydrogen-bond acceptors (Lipinski definition) is 4. The first-order valence-corrected chi connectivity index (χ1v) is 9.90. The summed E-state index contributed by atoms with van der Waals surface area (Å²) in [5.41, 5.74) is 4.12. The van der Waals surface area contributed by atoms with E-state index in [1.807, 2.05) is 72.8 Å². The van der Waals surface area contributed by atoms with Crippen molar-refractivity contribution >= 4 is 36.2 Å². The average molecular weight is 422 g/mol. The molecule has 3 aromatic carbocycles. The lowest BCUT2D eigenvalue weighted by Crippen LogP contribution is -2.02. The van der Waals surface area contributed by atoms with Crippen molar-refractivity contribution in [3.05, 3.63) is 120 Å². The van der Waals surface area contributed by atoms with Crippen molar-refractivity contribution in [1.82, 2.24) is 0 Å². The van der Waals surface area contributed by atoms with Crippen molar-refractivity contribution in [2.75, 3.05) is 0 Å². The van der Waals surface area contributed by atoms with Crippen molar-refractivity contribution in [3.8, 4) is 11.5 Å². The van der Waals surface area contributed by atoms with Gasteiger partial charge >= 0.3 is 11.9 Å². The van der Waals surface area contributed by atoms with E-state index in [9.17, 15) is 9.59 Å². The number of rotatable bonds is 8. The Balaban J connectivity index is 1.57. The first-order valence-electron chi connectivity index (χ1n) is 9.90. The smallest absolute Gasteiger partial charge is 0.335 e. The summed E-state index contributed by atoms with van der Waals surface area (Å²) in [6.45, 7) is 6.75. The topological polar surface area (TPSA) is 52.6 Å². The molecular weight excluding hydrogens is 400 g/mol. The molecule has 3 rings (SSSR count). The molecular formula is C28H22O4. The van der Waals surface area contributed by atoms with Crippen molar-refractivity contribution < 1.29 is 19.1 Å². The third-order valence-corrected chi connectivity index (χ3v) is 4.40. The number of carbonyl (C=O) groups excluding carboxylic acids is 2. The van der Waals surface area contributed by atoms with E-state index in [4.69, 9.17) is 9.47 Å². The summed E-state index contributed by atoms with van der Waals surface area (Å²) in [5.74, 6) is 0.00755. The van der Waals surface area contributed by atoms with Gasteiger partial charge in [-0.25, -0.2) is 9.59 Å². The summed E-state index contributed by atoms with van der Waals surface area (Å²) >= 11 is 0. The normalized spacial score (nSPS) is 10.8. The van der Waals surface area contributed by atoms with Crippen LogP contribution < -0.4 is 9.47 Å². The predicted molar refractivity (Wildman–Crippen MR) is 129 cm³/mol. The van der Waals surface area contributed by atoms with E-state index < -0.39 is 11.9 Å². The summed E-state index contributed by atoms with van der Waals surface area (Å²) in [7, 11) is 0. The van der Waals surface area contributed by atoms with Gasteiger partial charge in [-0.3, -0.25) is 0 Å². The number of ether oxygens (including phenoxy) is 2. The van der Waals surface area contributed by atoms with Gasteiger partial charge in [0.25, 0.3) is 0 Å². The van der Waals surface area contributed by atoms with E-state index in [0.29, 0.717) is 11.5 Å². The Bertz CT molecular complexity index is 1060. The summed E-state index contributed by atoms with van der Waals surface area (Å²) < 4.78 is 10.1. The zero-order chi connectivity index (χ0) is 22.8. The lowest BCUT2D eigenvalue weighted by atomic mass is 10.1. The molecule has 0 unspecified atom stereocenters. The molecule has 0 N–H and O–H groups in total. The van der Waals surface area contributed by atoms with E-state index >= 15 is 0 Å². The first-order chi connectivity index (χ1) is 15.6. The highest BCUT2D eigenvalue weighted by Crippen LogP contribution is 2.17. The van der Waals surface area contributed by atoms with Gasteiger partial charge in [0.05, 0.1) is 0 Å². The van der Waals surface area contributed by atoms with Crippen molar-refractivity contribution in [2.24, 2.45) is 0 Å². The van der Waals surface area contributed by atoms with Crippen LogP contribution in [0.5, 0.6) is 11.5 Å². The second-order valence-electron chi connectivity index (χ2n) is 6.72. The van der Waals surface area contributed by atoms with Gasteiger partial charge in [-0.05, 0) is 46.5 Å². The molecule has 158 valence electrons. The first kappa shape index (κ1) is 22.2. The molecule has 0 aliphatic carbocycles. The maximum Gasteiger partial charge on any atom is 0.335 e. The zero-order valence-corrected chi connectivity index (χ0v) is 17.4. The molecule has 0 aliphatic rings. The summed E-state index contributed by atoms with van der Waals surface area (Å²) in [6, 6.07) is 22.6. The van der Waals surface area contributed by atoms with Crippen LogP contribution in [0.25, 0.3) is 24.3 Å². The molecule has 3 aromatic rings. The van der Waals surface area contributed by atoms with Gasteiger partial charge in [0.15, 0.2) is 0 Å². The zero-order valence-electron chi connectivity index (χ0n) is 17.4. The molecule has 0 heterocycles. The monoisotopic (exact) mass is 422 g/mol. The van der Waals surface area contributed by atoms with Crippen LogP contribution in [0.1, 0.15) is 22.3 Å². The van der Waals surface area contributed by atoms with Gasteiger partial charge < -0.3 is 9.47 Å². The molecule has 0 saturated heterocycles. The number of hydrogen-bond donors (Lipinski definition) is 0. The summed E-state index contributed by atoms with van der Waals surface area (Å²) in [6.07, 6.45) is 10.3. The fourth-order valence-electron chi connectivity index (χ4n) is 2.71. The Morgan fingerprint density at radius 1 is 0.500 bits per heavy atom. The Labute approximate surface area is 187 Å². The van der Waals surface area contributed by atoms with E-state index in [0.717, 1.165) is 34.4 Å². The maximum atomic E-state index is 11.2. The SMILES string of the molecule is C=CC(=O)Oc1ccc(/C=C/c2ccc(/C=C/c3ccc(OC(=O)C=C)cc3)cc2)cc1. The fourth-order valence-corrected chi connectivity index (χ4v) is 2.71. The Kier molecular flexibility index (Phi) is 7.71. The largest absolute Gasteiger partial charge is 0.423 e. The van der Waals surface area contributed by atoms with Crippen LogP contribution in [0, 0.1) is 0 Å². The van der Waals surface area contributed by atoms with Gasteiger partial charge in [0.1, 0.15) is 11.5 Å². The molecule has 0 spiro atoms.